The minimum Gasteiger partial charge on any atom is -0.236 e. The first-order valence-electron chi connectivity index (χ1n) is 6.28. The van der Waals surface area contributed by atoms with Gasteiger partial charge in [-0.2, -0.15) is 5.10 Å². The Labute approximate surface area is 117 Å². The molecule has 20 heavy (non-hydrogen) atoms. The molecule has 0 fully saturated rings. The third-order valence-electron chi connectivity index (χ3n) is 3.03. The zero-order valence-electron chi connectivity index (χ0n) is 11.3. The Hall–Kier alpha value is -1.73. The Balaban J connectivity index is 2.72. The van der Waals surface area contributed by atoms with Gasteiger partial charge in [-0.25, -0.2) is 22.6 Å². The number of rotatable bonds is 4. The van der Waals surface area contributed by atoms with Crippen molar-refractivity contribution in [2.45, 2.75) is 31.6 Å². The lowest BCUT2D eigenvalue weighted by atomic mass is 10.2. The van der Waals surface area contributed by atoms with E-state index >= 15 is 0 Å². The largest absolute Gasteiger partial charge is 0.241 e. The molecule has 108 valence electrons. The Bertz CT molecular complexity index is 721. The molecule has 0 amide bonds. The van der Waals surface area contributed by atoms with Gasteiger partial charge in [0.25, 0.3) is 0 Å². The molecule has 0 bridgehead atoms. The van der Waals surface area contributed by atoms with Crippen LogP contribution in [0.5, 0.6) is 0 Å². The Morgan fingerprint density at radius 2 is 1.80 bits per heavy atom. The second-order valence-corrected chi connectivity index (χ2v) is 5.86. The summed E-state index contributed by atoms with van der Waals surface area (Å²) in [7, 11) is -3.84. The van der Waals surface area contributed by atoms with Crippen LogP contribution in [0.2, 0.25) is 0 Å². The van der Waals surface area contributed by atoms with Crippen molar-refractivity contribution in [2.75, 3.05) is 0 Å². The SMILES string of the molecule is CCc1nn(-c2ccc(F)cc2)c(CC)c1S(N)(=O)=O. The van der Waals surface area contributed by atoms with Crippen LogP contribution in [0.25, 0.3) is 5.69 Å². The molecule has 1 aromatic carbocycles. The lowest BCUT2D eigenvalue weighted by Gasteiger charge is -2.06. The molecule has 0 aliphatic rings. The van der Waals surface area contributed by atoms with Gasteiger partial charge in [0, 0.05) is 0 Å². The summed E-state index contributed by atoms with van der Waals surface area (Å²) in [5, 5.41) is 9.58. The van der Waals surface area contributed by atoms with Crippen LogP contribution in [0, 0.1) is 5.82 Å². The standard InChI is InChI=1S/C13H16FN3O2S/c1-3-11-13(20(15,18)19)12(4-2)17(16-11)10-7-5-9(14)6-8-10/h5-8H,3-4H2,1-2H3,(H2,15,18,19). The van der Waals surface area contributed by atoms with E-state index in [1.54, 1.807) is 12.1 Å². The van der Waals surface area contributed by atoms with Crippen LogP contribution in [0.3, 0.4) is 0 Å². The van der Waals surface area contributed by atoms with Crippen molar-refractivity contribution < 1.29 is 12.8 Å². The first kappa shape index (κ1) is 14.7. The van der Waals surface area contributed by atoms with Gasteiger partial charge in [-0.05, 0) is 37.1 Å². The van der Waals surface area contributed by atoms with Crippen LogP contribution in [-0.2, 0) is 22.9 Å². The van der Waals surface area contributed by atoms with Gasteiger partial charge < -0.3 is 0 Å². The molecule has 2 rings (SSSR count). The van der Waals surface area contributed by atoms with Crippen LogP contribution in [0.4, 0.5) is 4.39 Å². The molecule has 1 heterocycles. The molecule has 0 atom stereocenters. The van der Waals surface area contributed by atoms with Gasteiger partial charge in [-0.1, -0.05) is 13.8 Å². The summed E-state index contributed by atoms with van der Waals surface area (Å²) in [5.74, 6) is -0.360. The smallest absolute Gasteiger partial charge is 0.236 e. The zero-order chi connectivity index (χ0) is 14.9. The number of sulfonamides is 1. The van der Waals surface area contributed by atoms with Gasteiger partial charge in [0.15, 0.2) is 0 Å². The van der Waals surface area contributed by atoms with Crippen molar-refractivity contribution in [3.05, 3.63) is 41.5 Å². The third kappa shape index (κ3) is 2.59. The second-order valence-electron chi connectivity index (χ2n) is 4.36. The molecule has 0 aliphatic heterocycles. The third-order valence-corrected chi connectivity index (χ3v) is 4.07. The molecule has 2 N–H and O–H groups in total. The molecule has 7 heteroatoms. The summed E-state index contributed by atoms with van der Waals surface area (Å²) in [4.78, 5) is 0.0758. The number of primary sulfonamides is 1. The highest BCUT2D eigenvalue weighted by atomic mass is 32.2. The number of aryl methyl sites for hydroxylation is 1. The maximum atomic E-state index is 13.0. The Morgan fingerprint density at radius 3 is 2.25 bits per heavy atom. The van der Waals surface area contributed by atoms with Crippen molar-refractivity contribution in [2.24, 2.45) is 5.14 Å². The van der Waals surface area contributed by atoms with Crippen molar-refractivity contribution in [1.29, 1.82) is 0 Å². The highest BCUT2D eigenvalue weighted by Crippen LogP contribution is 2.23. The van der Waals surface area contributed by atoms with E-state index in [0.29, 0.717) is 29.9 Å². The van der Waals surface area contributed by atoms with Crippen LogP contribution < -0.4 is 5.14 Å². The average molecular weight is 297 g/mol. The highest BCUT2D eigenvalue weighted by molar-refractivity contribution is 7.89. The number of nitrogens with two attached hydrogens (primary N) is 1. The number of hydrogen-bond donors (Lipinski definition) is 1. The summed E-state index contributed by atoms with van der Waals surface area (Å²) < 4.78 is 38.0. The molecule has 0 spiro atoms. The van der Waals surface area contributed by atoms with E-state index in [2.05, 4.69) is 5.10 Å². The molecule has 1 aromatic heterocycles. The van der Waals surface area contributed by atoms with E-state index in [1.165, 1.54) is 16.8 Å². The Kier molecular flexibility index (Phi) is 3.92. The van der Waals surface area contributed by atoms with Crippen LogP contribution in [0.1, 0.15) is 25.2 Å². The highest BCUT2D eigenvalue weighted by Gasteiger charge is 2.24. The van der Waals surface area contributed by atoms with Crippen molar-refractivity contribution in [1.82, 2.24) is 9.78 Å². The molecular formula is C13H16FN3O2S. The van der Waals surface area contributed by atoms with E-state index in [-0.39, 0.29) is 10.7 Å². The van der Waals surface area contributed by atoms with E-state index in [0.717, 1.165) is 0 Å². The van der Waals surface area contributed by atoms with E-state index < -0.39 is 10.0 Å². The summed E-state index contributed by atoms with van der Waals surface area (Å²) >= 11 is 0. The van der Waals surface area contributed by atoms with Crippen molar-refractivity contribution in [3.8, 4) is 5.69 Å². The maximum absolute atomic E-state index is 13.0. The average Bonchev–Trinajstić information content (AvgIpc) is 2.78. The molecule has 5 nitrogen and oxygen atoms in total. The summed E-state index contributed by atoms with van der Waals surface area (Å²) in [6.07, 6.45) is 0.906. The van der Waals surface area contributed by atoms with Crippen molar-refractivity contribution >= 4 is 10.0 Å². The summed E-state index contributed by atoms with van der Waals surface area (Å²) in [5.41, 5.74) is 1.54. The van der Waals surface area contributed by atoms with E-state index in [9.17, 15) is 12.8 Å². The van der Waals surface area contributed by atoms with E-state index in [4.69, 9.17) is 5.14 Å². The molecule has 0 saturated heterocycles. The zero-order valence-corrected chi connectivity index (χ0v) is 12.1. The van der Waals surface area contributed by atoms with Gasteiger partial charge >= 0.3 is 0 Å². The van der Waals surface area contributed by atoms with Crippen LogP contribution in [0.15, 0.2) is 29.2 Å². The van der Waals surface area contributed by atoms with Crippen LogP contribution >= 0.6 is 0 Å². The first-order valence-corrected chi connectivity index (χ1v) is 7.82. The number of benzene rings is 1. The van der Waals surface area contributed by atoms with Gasteiger partial charge in [0.05, 0.1) is 17.1 Å². The molecule has 0 radical (unpaired) electrons. The molecule has 0 saturated carbocycles. The predicted octanol–water partition coefficient (Wildman–Crippen LogP) is 1.78. The van der Waals surface area contributed by atoms with Gasteiger partial charge in [0.1, 0.15) is 10.7 Å². The molecule has 0 unspecified atom stereocenters. The monoisotopic (exact) mass is 297 g/mol. The number of halogens is 1. The molecule has 0 aliphatic carbocycles. The van der Waals surface area contributed by atoms with Gasteiger partial charge in [0.2, 0.25) is 10.0 Å². The van der Waals surface area contributed by atoms with E-state index in [1.807, 2.05) is 13.8 Å². The summed E-state index contributed by atoms with van der Waals surface area (Å²) in [6, 6.07) is 5.71. The lowest BCUT2D eigenvalue weighted by Crippen LogP contribution is -2.15. The predicted molar refractivity (Wildman–Crippen MR) is 73.7 cm³/mol. The normalized spacial score (nSPS) is 11.8. The fraction of sp³-hybridized carbons (Fsp3) is 0.308. The Morgan fingerprint density at radius 1 is 1.20 bits per heavy atom. The van der Waals surface area contributed by atoms with Crippen molar-refractivity contribution in [3.63, 3.8) is 0 Å². The fourth-order valence-corrected chi connectivity index (χ4v) is 3.23. The molecule has 2 aromatic rings. The van der Waals surface area contributed by atoms with Crippen LogP contribution in [-0.4, -0.2) is 18.2 Å². The number of aromatic nitrogens is 2. The number of hydrogen-bond acceptors (Lipinski definition) is 3. The van der Waals surface area contributed by atoms with Gasteiger partial charge in [-0.3, -0.25) is 0 Å². The molecular weight excluding hydrogens is 281 g/mol. The maximum Gasteiger partial charge on any atom is 0.241 e. The van der Waals surface area contributed by atoms with Gasteiger partial charge in [-0.15, -0.1) is 0 Å². The minimum absolute atomic E-state index is 0.0758. The first-order chi connectivity index (χ1) is 9.38. The number of nitrogens with zero attached hydrogens (tertiary/aromatic N) is 2. The second kappa shape index (κ2) is 5.34. The lowest BCUT2D eigenvalue weighted by molar-refractivity contribution is 0.595. The fourth-order valence-electron chi connectivity index (χ4n) is 2.16. The minimum atomic E-state index is -3.84. The summed E-state index contributed by atoms with van der Waals surface area (Å²) in [6.45, 7) is 3.64. The topological polar surface area (TPSA) is 78.0 Å². The quantitative estimate of drug-likeness (QED) is 0.934.